The lowest BCUT2D eigenvalue weighted by molar-refractivity contribution is 0.0963. The van der Waals surface area contributed by atoms with Crippen LogP contribution in [0.4, 0.5) is 5.82 Å². The van der Waals surface area contributed by atoms with Crippen molar-refractivity contribution in [2.75, 3.05) is 12.4 Å². The van der Waals surface area contributed by atoms with Crippen molar-refractivity contribution in [1.82, 2.24) is 15.3 Å². The van der Waals surface area contributed by atoms with E-state index in [0.29, 0.717) is 24.5 Å². The van der Waals surface area contributed by atoms with Crippen molar-refractivity contribution in [2.24, 2.45) is 0 Å². The third-order valence-electron chi connectivity index (χ3n) is 3.79. The van der Waals surface area contributed by atoms with Gasteiger partial charge in [0.25, 0.3) is 5.91 Å². The summed E-state index contributed by atoms with van der Waals surface area (Å²) in [6.07, 6.45) is 5.18. The molecular weight excluding hydrogens is 328 g/mol. The molecule has 6 heteroatoms. The first-order chi connectivity index (χ1) is 12.8. The quantitative estimate of drug-likeness (QED) is 0.686. The van der Waals surface area contributed by atoms with Crippen LogP contribution in [0.2, 0.25) is 0 Å². The van der Waals surface area contributed by atoms with Gasteiger partial charge < -0.3 is 15.4 Å². The zero-order valence-corrected chi connectivity index (χ0v) is 14.5. The Morgan fingerprint density at radius 1 is 1.04 bits per heavy atom. The average Bonchev–Trinajstić information content (AvgIpc) is 2.72. The number of hydrogen-bond donors (Lipinski definition) is 2. The molecule has 3 aromatic rings. The third kappa shape index (κ3) is 4.57. The van der Waals surface area contributed by atoms with Crippen LogP contribution in [0.5, 0.6) is 5.75 Å². The van der Waals surface area contributed by atoms with E-state index in [1.165, 1.54) is 0 Å². The summed E-state index contributed by atoms with van der Waals surface area (Å²) in [7, 11) is 1.60. The molecule has 2 aromatic heterocycles. The Morgan fingerprint density at radius 3 is 2.58 bits per heavy atom. The lowest BCUT2D eigenvalue weighted by atomic mass is 10.2. The van der Waals surface area contributed by atoms with Crippen molar-refractivity contribution in [3.63, 3.8) is 0 Å². The lowest BCUT2D eigenvalue weighted by Crippen LogP contribution is -2.20. The van der Waals surface area contributed by atoms with E-state index in [-0.39, 0.29) is 5.91 Å². The summed E-state index contributed by atoms with van der Waals surface area (Å²) in [5, 5.41) is 5.82. The molecule has 0 aliphatic rings. The molecule has 2 N–H and O–H groups in total. The number of carbonyl (C=O) groups excluding carboxylic acids is 1. The van der Waals surface area contributed by atoms with E-state index in [1.807, 2.05) is 36.4 Å². The zero-order chi connectivity index (χ0) is 18.2. The van der Waals surface area contributed by atoms with E-state index in [4.69, 9.17) is 4.74 Å². The van der Waals surface area contributed by atoms with Crippen LogP contribution < -0.4 is 15.4 Å². The molecule has 6 nitrogen and oxygen atoms in total. The minimum atomic E-state index is -0.167. The Hall–Kier alpha value is -3.41. The van der Waals surface area contributed by atoms with Crippen molar-refractivity contribution in [3.05, 3.63) is 83.8 Å². The van der Waals surface area contributed by atoms with E-state index in [1.54, 1.807) is 37.8 Å². The largest absolute Gasteiger partial charge is 0.489 e. The Kier molecular flexibility index (Phi) is 5.77. The fourth-order valence-electron chi connectivity index (χ4n) is 2.40. The van der Waals surface area contributed by atoms with E-state index < -0.39 is 0 Å². The molecule has 0 fully saturated rings. The van der Waals surface area contributed by atoms with Gasteiger partial charge in [-0.3, -0.25) is 9.78 Å². The molecule has 0 aliphatic carbocycles. The molecule has 0 aliphatic heterocycles. The average molecular weight is 348 g/mol. The number of nitrogens with zero attached hydrogens (tertiary/aromatic N) is 2. The SMILES string of the molecule is CNC(=O)c1cccnc1NCc1ccc(OCc2cccnc2)cc1. The highest BCUT2D eigenvalue weighted by Gasteiger charge is 2.10. The van der Waals surface area contributed by atoms with E-state index in [9.17, 15) is 4.79 Å². The molecule has 0 saturated heterocycles. The van der Waals surface area contributed by atoms with Gasteiger partial charge in [0.15, 0.2) is 0 Å². The van der Waals surface area contributed by atoms with Gasteiger partial charge in [0, 0.05) is 37.7 Å². The number of amides is 1. The highest BCUT2D eigenvalue weighted by molar-refractivity contribution is 5.98. The molecule has 0 atom stereocenters. The van der Waals surface area contributed by atoms with Crippen LogP contribution in [0.1, 0.15) is 21.5 Å². The third-order valence-corrected chi connectivity index (χ3v) is 3.79. The molecule has 3 rings (SSSR count). The number of pyridine rings is 2. The van der Waals surface area contributed by atoms with Crippen molar-refractivity contribution >= 4 is 11.7 Å². The smallest absolute Gasteiger partial charge is 0.254 e. The van der Waals surface area contributed by atoms with Gasteiger partial charge in [-0.25, -0.2) is 4.98 Å². The summed E-state index contributed by atoms with van der Waals surface area (Å²) in [4.78, 5) is 20.2. The topological polar surface area (TPSA) is 76.1 Å². The first-order valence-corrected chi connectivity index (χ1v) is 8.28. The molecule has 1 aromatic carbocycles. The van der Waals surface area contributed by atoms with E-state index in [2.05, 4.69) is 20.6 Å². The Bertz CT molecular complexity index is 851. The zero-order valence-electron chi connectivity index (χ0n) is 14.5. The maximum absolute atomic E-state index is 11.9. The number of hydrogen-bond acceptors (Lipinski definition) is 5. The van der Waals surface area contributed by atoms with Crippen LogP contribution in [0, 0.1) is 0 Å². The van der Waals surface area contributed by atoms with Gasteiger partial charge >= 0.3 is 0 Å². The number of nitrogens with one attached hydrogen (secondary N) is 2. The Morgan fingerprint density at radius 2 is 1.85 bits per heavy atom. The monoisotopic (exact) mass is 348 g/mol. The normalized spacial score (nSPS) is 10.2. The fourth-order valence-corrected chi connectivity index (χ4v) is 2.40. The maximum Gasteiger partial charge on any atom is 0.254 e. The van der Waals surface area contributed by atoms with Crippen molar-refractivity contribution < 1.29 is 9.53 Å². The van der Waals surface area contributed by atoms with Gasteiger partial charge in [0.05, 0.1) is 5.56 Å². The molecule has 0 saturated carbocycles. The number of anilines is 1. The first-order valence-electron chi connectivity index (χ1n) is 8.28. The minimum absolute atomic E-state index is 0.167. The molecule has 0 spiro atoms. The predicted octanol–water partition coefficient (Wildman–Crippen LogP) is 3.03. The van der Waals surface area contributed by atoms with Crippen molar-refractivity contribution in [2.45, 2.75) is 13.2 Å². The molecule has 1 amide bonds. The summed E-state index contributed by atoms with van der Waals surface area (Å²) < 4.78 is 5.75. The Labute approximate surface area is 152 Å². The summed E-state index contributed by atoms with van der Waals surface area (Å²) in [6, 6.07) is 15.1. The number of ether oxygens (including phenoxy) is 1. The predicted molar refractivity (Wildman–Crippen MR) is 100.0 cm³/mol. The van der Waals surface area contributed by atoms with Crippen LogP contribution in [-0.4, -0.2) is 22.9 Å². The Balaban J connectivity index is 1.57. The van der Waals surface area contributed by atoms with Gasteiger partial charge in [-0.2, -0.15) is 0 Å². The summed E-state index contributed by atoms with van der Waals surface area (Å²) >= 11 is 0. The van der Waals surface area contributed by atoms with Gasteiger partial charge in [0.1, 0.15) is 18.2 Å². The first kappa shape index (κ1) is 17.4. The fraction of sp³-hybridized carbons (Fsp3) is 0.150. The van der Waals surface area contributed by atoms with Crippen LogP contribution in [-0.2, 0) is 13.2 Å². The standard InChI is InChI=1S/C20H20N4O2/c1-21-20(25)18-5-3-11-23-19(18)24-13-15-6-8-17(9-7-15)26-14-16-4-2-10-22-12-16/h2-12H,13-14H2,1H3,(H,21,25)(H,23,24). The number of rotatable bonds is 7. The van der Waals surface area contributed by atoms with E-state index >= 15 is 0 Å². The second-order valence-electron chi connectivity index (χ2n) is 5.63. The van der Waals surface area contributed by atoms with Gasteiger partial charge in [-0.05, 0) is 35.9 Å². The maximum atomic E-state index is 11.9. The number of aromatic nitrogens is 2. The minimum Gasteiger partial charge on any atom is -0.489 e. The number of carbonyl (C=O) groups is 1. The van der Waals surface area contributed by atoms with Crippen LogP contribution >= 0.6 is 0 Å². The van der Waals surface area contributed by atoms with Crippen LogP contribution in [0.15, 0.2) is 67.1 Å². The number of benzene rings is 1. The lowest BCUT2D eigenvalue weighted by Gasteiger charge is -2.11. The molecule has 132 valence electrons. The van der Waals surface area contributed by atoms with Crippen LogP contribution in [0.3, 0.4) is 0 Å². The van der Waals surface area contributed by atoms with Gasteiger partial charge in [-0.1, -0.05) is 18.2 Å². The summed E-state index contributed by atoms with van der Waals surface area (Å²) in [5.41, 5.74) is 2.61. The van der Waals surface area contributed by atoms with Crippen molar-refractivity contribution in [3.8, 4) is 5.75 Å². The summed E-state index contributed by atoms with van der Waals surface area (Å²) in [5.74, 6) is 1.19. The molecule has 0 unspecified atom stereocenters. The molecule has 2 heterocycles. The molecule has 26 heavy (non-hydrogen) atoms. The van der Waals surface area contributed by atoms with Gasteiger partial charge in [0.2, 0.25) is 0 Å². The highest BCUT2D eigenvalue weighted by atomic mass is 16.5. The molecule has 0 bridgehead atoms. The highest BCUT2D eigenvalue weighted by Crippen LogP contribution is 2.16. The molecular formula is C20H20N4O2. The van der Waals surface area contributed by atoms with E-state index in [0.717, 1.165) is 16.9 Å². The molecule has 0 radical (unpaired) electrons. The second-order valence-corrected chi connectivity index (χ2v) is 5.63. The second kappa shape index (κ2) is 8.62. The van der Waals surface area contributed by atoms with Gasteiger partial charge in [-0.15, -0.1) is 0 Å². The van der Waals surface area contributed by atoms with Crippen LogP contribution in [0.25, 0.3) is 0 Å². The van der Waals surface area contributed by atoms with Crippen molar-refractivity contribution in [1.29, 1.82) is 0 Å². The summed E-state index contributed by atoms with van der Waals surface area (Å²) in [6.45, 7) is 1.04.